The van der Waals surface area contributed by atoms with E-state index in [1.165, 1.54) is 6.20 Å². The molecule has 1 aromatic rings. The van der Waals surface area contributed by atoms with E-state index < -0.39 is 12.0 Å². The molecule has 22 heavy (non-hydrogen) atoms. The highest BCUT2D eigenvalue weighted by molar-refractivity contribution is 5.95. The summed E-state index contributed by atoms with van der Waals surface area (Å²) in [5, 5.41) is 9.26. The standard InChI is InChI=1S/C15H19F2N3O2/c1-10-2-3-18-5-13(10)14(22)19-6-12(7-19)20-9-15(16,17)4-11(20)8-21/h2-3,5,11-12,21H,4,6-9H2,1H3/t11-/m0/s1. The SMILES string of the molecule is Cc1ccncc1C(=O)N1CC(N2CC(F)(F)C[C@H]2CO)C1. The number of carbonyl (C=O) groups excluding carboxylic acids is 1. The van der Waals surface area contributed by atoms with Crippen molar-refractivity contribution in [1.29, 1.82) is 0 Å². The number of aliphatic hydroxyl groups is 1. The molecule has 1 amide bonds. The summed E-state index contributed by atoms with van der Waals surface area (Å²) >= 11 is 0. The predicted molar refractivity (Wildman–Crippen MR) is 75.8 cm³/mol. The minimum atomic E-state index is -2.75. The van der Waals surface area contributed by atoms with Gasteiger partial charge in [-0.25, -0.2) is 8.78 Å². The third-order valence-electron chi connectivity index (χ3n) is 4.52. The highest BCUT2D eigenvalue weighted by Gasteiger charge is 2.50. The van der Waals surface area contributed by atoms with Gasteiger partial charge in [-0.2, -0.15) is 0 Å². The number of aliphatic hydroxyl groups excluding tert-OH is 1. The highest BCUT2D eigenvalue weighted by Crippen LogP contribution is 2.35. The van der Waals surface area contributed by atoms with E-state index in [0.717, 1.165) is 5.56 Å². The van der Waals surface area contributed by atoms with Crippen molar-refractivity contribution in [3.63, 3.8) is 0 Å². The van der Waals surface area contributed by atoms with Gasteiger partial charge in [0.15, 0.2) is 0 Å². The van der Waals surface area contributed by atoms with Crippen molar-refractivity contribution in [2.75, 3.05) is 26.2 Å². The number of rotatable bonds is 3. The number of alkyl halides is 2. The van der Waals surface area contributed by atoms with Gasteiger partial charge in [0.1, 0.15) is 0 Å². The van der Waals surface area contributed by atoms with E-state index in [1.807, 2.05) is 6.92 Å². The number of nitrogens with zero attached hydrogens (tertiary/aromatic N) is 3. The molecule has 2 saturated heterocycles. The monoisotopic (exact) mass is 311 g/mol. The average molecular weight is 311 g/mol. The lowest BCUT2D eigenvalue weighted by atomic mass is 10.0. The molecule has 1 aromatic heterocycles. The third-order valence-corrected chi connectivity index (χ3v) is 4.52. The van der Waals surface area contributed by atoms with Crippen molar-refractivity contribution >= 4 is 5.91 Å². The fraction of sp³-hybridized carbons (Fsp3) is 0.600. The maximum absolute atomic E-state index is 13.5. The number of hydrogen-bond donors (Lipinski definition) is 1. The Morgan fingerprint density at radius 2 is 2.23 bits per heavy atom. The Labute approximate surface area is 127 Å². The Kier molecular flexibility index (Phi) is 3.86. The van der Waals surface area contributed by atoms with Crippen LogP contribution in [0, 0.1) is 6.92 Å². The molecule has 120 valence electrons. The van der Waals surface area contributed by atoms with E-state index in [0.29, 0.717) is 18.7 Å². The first kappa shape index (κ1) is 15.3. The molecule has 0 bridgehead atoms. The maximum atomic E-state index is 13.5. The van der Waals surface area contributed by atoms with Crippen LogP contribution in [0.5, 0.6) is 0 Å². The fourth-order valence-corrected chi connectivity index (χ4v) is 3.21. The van der Waals surface area contributed by atoms with Crippen molar-refractivity contribution in [2.24, 2.45) is 0 Å². The number of amides is 1. The van der Waals surface area contributed by atoms with Gasteiger partial charge in [0, 0.05) is 44.0 Å². The zero-order valence-electron chi connectivity index (χ0n) is 12.4. The van der Waals surface area contributed by atoms with Crippen molar-refractivity contribution in [3.05, 3.63) is 29.6 Å². The molecule has 3 heterocycles. The van der Waals surface area contributed by atoms with Gasteiger partial charge in [-0.1, -0.05) is 0 Å². The van der Waals surface area contributed by atoms with E-state index in [1.54, 1.807) is 22.1 Å². The normalized spacial score (nSPS) is 25.3. The molecule has 1 atom stereocenters. The summed E-state index contributed by atoms with van der Waals surface area (Å²) in [7, 11) is 0. The van der Waals surface area contributed by atoms with E-state index in [-0.39, 0.29) is 31.5 Å². The fourth-order valence-electron chi connectivity index (χ4n) is 3.21. The Hall–Kier alpha value is -1.60. The van der Waals surface area contributed by atoms with Gasteiger partial charge in [0.05, 0.1) is 18.7 Å². The quantitative estimate of drug-likeness (QED) is 0.902. The second-order valence-electron chi connectivity index (χ2n) is 6.12. The molecule has 2 aliphatic heterocycles. The lowest BCUT2D eigenvalue weighted by molar-refractivity contribution is -0.0125. The predicted octanol–water partition coefficient (Wildman–Crippen LogP) is 0.916. The molecule has 2 fully saturated rings. The smallest absolute Gasteiger partial charge is 0.262 e. The molecule has 0 spiro atoms. The zero-order chi connectivity index (χ0) is 15.9. The molecule has 0 aromatic carbocycles. The van der Waals surface area contributed by atoms with Crippen LogP contribution in [0.25, 0.3) is 0 Å². The van der Waals surface area contributed by atoms with E-state index in [9.17, 15) is 18.7 Å². The highest BCUT2D eigenvalue weighted by atomic mass is 19.3. The van der Waals surface area contributed by atoms with E-state index >= 15 is 0 Å². The van der Waals surface area contributed by atoms with Crippen LogP contribution in [0.4, 0.5) is 8.78 Å². The van der Waals surface area contributed by atoms with Crippen molar-refractivity contribution < 1.29 is 18.7 Å². The topological polar surface area (TPSA) is 56.7 Å². The van der Waals surface area contributed by atoms with Crippen LogP contribution in [0.3, 0.4) is 0 Å². The summed E-state index contributed by atoms with van der Waals surface area (Å²) in [6.07, 6.45) is 2.85. The number of aromatic nitrogens is 1. The van der Waals surface area contributed by atoms with Crippen LogP contribution >= 0.6 is 0 Å². The summed E-state index contributed by atoms with van der Waals surface area (Å²) < 4.78 is 27.0. The number of likely N-dealkylation sites (tertiary alicyclic amines) is 2. The lowest BCUT2D eigenvalue weighted by Gasteiger charge is -2.45. The first-order valence-corrected chi connectivity index (χ1v) is 7.35. The zero-order valence-corrected chi connectivity index (χ0v) is 12.4. The molecule has 3 rings (SSSR count). The lowest BCUT2D eigenvalue weighted by Crippen LogP contribution is -2.62. The van der Waals surface area contributed by atoms with Gasteiger partial charge in [-0.3, -0.25) is 14.7 Å². The van der Waals surface area contributed by atoms with Gasteiger partial charge in [-0.15, -0.1) is 0 Å². The minimum absolute atomic E-state index is 0.105. The molecule has 0 saturated carbocycles. The van der Waals surface area contributed by atoms with Crippen LogP contribution in [0.1, 0.15) is 22.3 Å². The second-order valence-corrected chi connectivity index (χ2v) is 6.12. The first-order chi connectivity index (χ1) is 10.4. The summed E-state index contributed by atoms with van der Waals surface area (Å²) in [5.74, 6) is -2.87. The molecular weight excluding hydrogens is 292 g/mol. The molecule has 0 radical (unpaired) electrons. The largest absolute Gasteiger partial charge is 0.395 e. The van der Waals surface area contributed by atoms with Crippen molar-refractivity contribution in [1.82, 2.24) is 14.8 Å². The Bertz CT molecular complexity index is 576. The Morgan fingerprint density at radius 3 is 2.86 bits per heavy atom. The number of pyridine rings is 1. The molecular formula is C15H19F2N3O2. The van der Waals surface area contributed by atoms with Gasteiger partial charge < -0.3 is 10.0 Å². The number of halogens is 2. The van der Waals surface area contributed by atoms with Gasteiger partial charge in [-0.05, 0) is 18.6 Å². The number of aryl methyl sites for hydroxylation is 1. The maximum Gasteiger partial charge on any atom is 0.262 e. The van der Waals surface area contributed by atoms with E-state index in [2.05, 4.69) is 4.98 Å². The molecule has 0 aliphatic carbocycles. The van der Waals surface area contributed by atoms with Crippen LogP contribution in [0.2, 0.25) is 0 Å². The Morgan fingerprint density at radius 1 is 1.50 bits per heavy atom. The average Bonchev–Trinajstić information content (AvgIpc) is 2.72. The number of carbonyl (C=O) groups is 1. The van der Waals surface area contributed by atoms with Crippen LogP contribution in [0.15, 0.2) is 18.5 Å². The van der Waals surface area contributed by atoms with Crippen molar-refractivity contribution in [3.8, 4) is 0 Å². The summed E-state index contributed by atoms with van der Waals surface area (Å²) in [4.78, 5) is 19.6. The van der Waals surface area contributed by atoms with Gasteiger partial charge >= 0.3 is 0 Å². The van der Waals surface area contributed by atoms with Gasteiger partial charge in [0.25, 0.3) is 11.8 Å². The van der Waals surface area contributed by atoms with E-state index in [4.69, 9.17) is 0 Å². The van der Waals surface area contributed by atoms with Crippen molar-refractivity contribution in [2.45, 2.75) is 31.4 Å². The second kappa shape index (κ2) is 5.55. The van der Waals surface area contributed by atoms with Crippen LogP contribution in [-0.4, -0.2) is 70.0 Å². The van der Waals surface area contributed by atoms with Gasteiger partial charge in [0.2, 0.25) is 0 Å². The minimum Gasteiger partial charge on any atom is -0.395 e. The Balaban J connectivity index is 1.62. The molecule has 1 N–H and O–H groups in total. The molecule has 0 unspecified atom stereocenters. The third kappa shape index (κ3) is 2.70. The van der Waals surface area contributed by atoms with Crippen LogP contribution in [-0.2, 0) is 0 Å². The first-order valence-electron chi connectivity index (χ1n) is 7.35. The summed E-state index contributed by atoms with van der Waals surface area (Å²) in [5.41, 5.74) is 1.40. The number of hydrogen-bond acceptors (Lipinski definition) is 4. The summed E-state index contributed by atoms with van der Waals surface area (Å²) in [6, 6.07) is 1.15. The summed E-state index contributed by atoms with van der Waals surface area (Å²) in [6.45, 7) is 2.06. The molecule has 7 heteroatoms. The molecule has 2 aliphatic rings. The molecule has 5 nitrogen and oxygen atoms in total. The van der Waals surface area contributed by atoms with Crippen LogP contribution < -0.4 is 0 Å².